The molecular weight excluding hydrogens is 218 g/mol. The molecule has 0 fully saturated rings. The summed E-state index contributed by atoms with van der Waals surface area (Å²) in [5, 5.41) is 9.03. The average molecular weight is 235 g/mol. The van der Waals surface area contributed by atoms with Gasteiger partial charge in [0.2, 0.25) is 0 Å². The zero-order valence-electron chi connectivity index (χ0n) is 10.5. The lowest BCUT2D eigenvalue weighted by molar-refractivity contribution is 0.185. The number of amides is 1. The number of hydrogen-bond donors (Lipinski definition) is 1. The van der Waals surface area contributed by atoms with Crippen LogP contribution in [0.2, 0.25) is 0 Å². The van der Waals surface area contributed by atoms with E-state index in [4.69, 9.17) is 9.84 Å². The Morgan fingerprint density at radius 1 is 1.47 bits per heavy atom. The van der Waals surface area contributed by atoms with Gasteiger partial charge in [-0.25, -0.2) is 4.79 Å². The molecule has 1 N–H and O–H groups in total. The molecular formula is C13H17NO3. The Labute approximate surface area is 101 Å². The van der Waals surface area contributed by atoms with Gasteiger partial charge in [-0.3, -0.25) is 4.90 Å². The van der Waals surface area contributed by atoms with Gasteiger partial charge in [0.25, 0.3) is 0 Å². The Hall–Kier alpha value is -1.71. The number of rotatable bonds is 1. The summed E-state index contributed by atoms with van der Waals surface area (Å²) in [6.45, 7) is 6.21. The number of benzene rings is 1. The summed E-state index contributed by atoms with van der Waals surface area (Å²) in [4.78, 5) is 12.2. The van der Waals surface area contributed by atoms with E-state index in [1.807, 2.05) is 19.1 Å². The van der Waals surface area contributed by atoms with E-state index in [2.05, 4.69) is 13.8 Å². The van der Waals surface area contributed by atoms with Gasteiger partial charge >= 0.3 is 6.09 Å². The van der Waals surface area contributed by atoms with Crippen LogP contribution in [0, 0.1) is 0 Å². The number of carbonyl (C=O) groups is 1. The molecule has 1 aliphatic rings. The number of carboxylic acid groups (broad SMARTS) is 1. The molecule has 1 unspecified atom stereocenters. The minimum Gasteiger partial charge on any atom is -0.487 e. The highest BCUT2D eigenvalue weighted by molar-refractivity contribution is 5.88. The molecule has 4 heteroatoms. The minimum atomic E-state index is -0.987. The fourth-order valence-electron chi connectivity index (χ4n) is 2.07. The Morgan fingerprint density at radius 3 is 2.71 bits per heavy atom. The first-order chi connectivity index (χ1) is 7.85. The van der Waals surface area contributed by atoms with Crippen molar-refractivity contribution in [2.24, 2.45) is 0 Å². The van der Waals surface area contributed by atoms with Crippen LogP contribution in [-0.4, -0.2) is 24.4 Å². The third-order valence-corrected chi connectivity index (χ3v) is 3.65. The van der Waals surface area contributed by atoms with Crippen LogP contribution in [0.4, 0.5) is 10.5 Å². The number of hydrogen-bond acceptors (Lipinski definition) is 2. The van der Waals surface area contributed by atoms with Crippen LogP contribution in [-0.2, 0) is 5.41 Å². The Kier molecular flexibility index (Phi) is 2.53. The lowest BCUT2D eigenvalue weighted by Crippen LogP contribution is -2.28. The average Bonchev–Trinajstić information content (AvgIpc) is 2.49. The molecule has 1 aromatic carbocycles. The van der Waals surface area contributed by atoms with Crippen molar-refractivity contribution in [3.05, 3.63) is 23.8 Å². The van der Waals surface area contributed by atoms with E-state index < -0.39 is 6.09 Å². The Balaban J connectivity index is 2.55. The predicted molar refractivity (Wildman–Crippen MR) is 66.0 cm³/mol. The topological polar surface area (TPSA) is 49.8 Å². The number of ether oxygens (including phenoxy) is 1. The van der Waals surface area contributed by atoms with E-state index in [1.54, 1.807) is 6.07 Å². The van der Waals surface area contributed by atoms with Crippen LogP contribution in [0.3, 0.4) is 0 Å². The molecule has 0 aliphatic carbocycles. The van der Waals surface area contributed by atoms with Crippen molar-refractivity contribution in [2.45, 2.75) is 32.3 Å². The smallest absolute Gasteiger partial charge is 0.411 e. The first-order valence-corrected chi connectivity index (χ1v) is 5.62. The van der Waals surface area contributed by atoms with Crippen LogP contribution >= 0.6 is 0 Å². The Morgan fingerprint density at radius 2 is 2.12 bits per heavy atom. The summed E-state index contributed by atoms with van der Waals surface area (Å²) < 4.78 is 5.82. The monoisotopic (exact) mass is 235 g/mol. The van der Waals surface area contributed by atoms with Crippen molar-refractivity contribution in [3.8, 4) is 5.75 Å². The molecule has 92 valence electrons. The van der Waals surface area contributed by atoms with E-state index in [9.17, 15) is 4.79 Å². The molecule has 0 aromatic heterocycles. The van der Waals surface area contributed by atoms with Crippen LogP contribution in [0.25, 0.3) is 0 Å². The second-order valence-corrected chi connectivity index (χ2v) is 4.98. The summed E-state index contributed by atoms with van der Waals surface area (Å²) >= 11 is 0. The van der Waals surface area contributed by atoms with Crippen molar-refractivity contribution < 1.29 is 14.6 Å². The second kappa shape index (κ2) is 3.65. The van der Waals surface area contributed by atoms with Gasteiger partial charge in [0.1, 0.15) is 11.9 Å². The first kappa shape index (κ1) is 11.8. The van der Waals surface area contributed by atoms with Crippen molar-refractivity contribution in [3.63, 3.8) is 0 Å². The molecule has 0 radical (unpaired) electrons. The summed E-state index contributed by atoms with van der Waals surface area (Å²) in [7, 11) is 1.53. The number of anilines is 1. The molecule has 1 aromatic rings. The molecule has 1 aliphatic heterocycles. The fourth-order valence-corrected chi connectivity index (χ4v) is 2.07. The van der Waals surface area contributed by atoms with Gasteiger partial charge in [-0.2, -0.15) is 0 Å². The lowest BCUT2D eigenvalue weighted by atomic mass is 9.82. The van der Waals surface area contributed by atoms with Gasteiger partial charge in [-0.1, -0.05) is 26.0 Å². The van der Waals surface area contributed by atoms with Crippen molar-refractivity contribution >= 4 is 11.8 Å². The minimum absolute atomic E-state index is 0.0424. The molecule has 0 saturated carbocycles. The molecule has 0 spiro atoms. The quantitative estimate of drug-likeness (QED) is 0.814. The van der Waals surface area contributed by atoms with Crippen LogP contribution < -0.4 is 9.64 Å². The number of fused-ring (bicyclic) bond motifs is 1. The summed E-state index contributed by atoms with van der Waals surface area (Å²) in [6, 6.07) is 5.63. The third-order valence-electron chi connectivity index (χ3n) is 3.65. The molecule has 4 nitrogen and oxygen atoms in total. The van der Waals surface area contributed by atoms with Gasteiger partial charge in [-0.15, -0.1) is 0 Å². The maximum absolute atomic E-state index is 11.0. The summed E-state index contributed by atoms with van der Waals surface area (Å²) in [6.07, 6.45) is -0.944. The maximum Gasteiger partial charge on any atom is 0.411 e. The molecule has 17 heavy (non-hydrogen) atoms. The summed E-state index contributed by atoms with van der Waals surface area (Å²) in [5.41, 5.74) is 1.58. The lowest BCUT2D eigenvalue weighted by Gasteiger charge is -2.21. The van der Waals surface area contributed by atoms with E-state index in [0.29, 0.717) is 11.4 Å². The second-order valence-electron chi connectivity index (χ2n) is 4.98. The van der Waals surface area contributed by atoms with E-state index in [0.717, 1.165) is 5.56 Å². The molecule has 0 saturated heterocycles. The fraction of sp³-hybridized carbons (Fsp3) is 0.462. The van der Waals surface area contributed by atoms with Gasteiger partial charge in [-0.05, 0) is 13.0 Å². The predicted octanol–water partition coefficient (Wildman–Crippen LogP) is 2.86. The maximum atomic E-state index is 11.0. The van der Waals surface area contributed by atoms with Crippen molar-refractivity contribution in [2.75, 3.05) is 11.9 Å². The number of para-hydroxylation sites is 1. The van der Waals surface area contributed by atoms with Crippen molar-refractivity contribution in [1.29, 1.82) is 0 Å². The van der Waals surface area contributed by atoms with Gasteiger partial charge in [0.15, 0.2) is 0 Å². The third kappa shape index (κ3) is 1.64. The Bertz CT molecular complexity index is 468. The highest BCUT2D eigenvalue weighted by Crippen LogP contribution is 2.47. The molecule has 1 atom stereocenters. The van der Waals surface area contributed by atoms with Gasteiger partial charge in [0.05, 0.1) is 5.69 Å². The number of nitrogens with zero attached hydrogens (tertiary/aromatic N) is 1. The van der Waals surface area contributed by atoms with E-state index in [1.165, 1.54) is 11.9 Å². The van der Waals surface area contributed by atoms with Crippen LogP contribution in [0.15, 0.2) is 18.2 Å². The zero-order valence-corrected chi connectivity index (χ0v) is 10.5. The molecule has 1 heterocycles. The summed E-state index contributed by atoms with van der Waals surface area (Å²) in [5.74, 6) is 0.690. The standard InChI is InChI=1S/C13H17NO3/c1-8-13(2,3)9-6-5-7-10(11(9)17-8)14(4)12(15)16/h5-8H,1-4H3,(H,15,16). The normalized spacial score (nSPS) is 20.6. The first-order valence-electron chi connectivity index (χ1n) is 5.62. The SMILES string of the molecule is CC1Oc2c(N(C)C(=O)O)cccc2C1(C)C. The largest absolute Gasteiger partial charge is 0.487 e. The highest BCUT2D eigenvalue weighted by atomic mass is 16.5. The molecule has 2 rings (SSSR count). The zero-order chi connectivity index (χ0) is 12.8. The van der Waals surface area contributed by atoms with Gasteiger partial charge in [0, 0.05) is 18.0 Å². The van der Waals surface area contributed by atoms with E-state index >= 15 is 0 Å². The van der Waals surface area contributed by atoms with Gasteiger partial charge < -0.3 is 9.84 Å². The molecule has 1 amide bonds. The van der Waals surface area contributed by atoms with Crippen molar-refractivity contribution in [1.82, 2.24) is 0 Å². The van der Waals surface area contributed by atoms with Crippen LogP contribution in [0.5, 0.6) is 5.75 Å². The van der Waals surface area contributed by atoms with Crippen LogP contribution in [0.1, 0.15) is 26.3 Å². The van der Waals surface area contributed by atoms with E-state index in [-0.39, 0.29) is 11.5 Å². The molecule has 0 bridgehead atoms. The highest BCUT2D eigenvalue weighted by Gasteiger charge is 2.40.